The van der Waals surface area contributed by atoms with Gasteiger partial charge in [0, 0.05) is 5.69 Å². The molecule has 0 spiro atoms. The molecule has 0 amide bonds. The first-order chi connectivity index (χ1) is 9.31. The molecule has 1 aromatic carbocycles. The number of nitrogen functional groups attached to an aromatic ring is 2. The molecule has 1 aromatic heterocycles. The van der Waals surface area contributed by atoms with Crippen molar-refractivity contribution in [2.75, 3.05) is 11.5 Å². The van der Waals surface area contributed by atoms with Crippen molar-refractivity contribution >= 4 is 29.1 Å². The Bertz CT molecular complexity index is 591. The average Bonchev–Trinajstić information content (AvgIpc) is 2.37. The van der Waals surface area contributed by atoms with Crippen LogP contribution < -0.4 is 11.5 Å². The molecule has 20 heavy (non-hydrogen) atoms. The number of carboxylic acids is 1. The van der Waals surface area contributed by atoms with E-state index in [1.807, 2.05) is 0 Å². The molecule has 7 heteroatoms. The fourth-order valence-corrected chi connectivity index (χ4v) is 1.44. The Labute approximate surface area is 121 Å². The molecule has 1 heterocycles. The summed E-state index contributed by atoms with van der Waals surface area (Å²) in [7, 11) is 0. The molecule has 0 radical (unpaired) electrons. The highest BCUT2D eigenvalue weighted by Gasteiger charge is 2.02. The van der Waals surface area contributed by atoms with E-state index in [1.54, 1.807) is 26.0 Å². The summed E-state index contributed by atoms with van der Waals surface area (Å²) in [5.41, 5.74) is 12.3. The molecular formula is C13H15ClN4O2. The van der Waals surface area contributed by atoms with Gasteiger partial charge in [-0.25, -0.2) is 14.8 Å². The van der Waals surface area contributed by atoms with E-state index in [-0.39, 0.29) is 5.56 Å². The van der Waals surface area contributed by atoms with Crippen LogP contribution in [0.25, 0.3) is 0 Å². The number of aryl methyl sites for hydroxylation is 2. The number of benzene rings is 1. The summed E-state index contributed by atoms with van der Waals surface area (Å²) in [6, 6.07) is 6.06. The predicted octanol–water partition coefficient (Wildman–Crippen LogP) is 2.30. The molecule has 2 aromatic rings. The molecule has 106 valence electrons. The van der Waals surface area contributed by atoms with Gasteiger partial charge in [0.1, 0.15) is 16.7 Å². The van der Waals surface area contributed by atoms with Crippen molar-refractivity contribution in [3.8, 4) is 0 Å². The summed E-state index contributed by atoms with van der Waals surface area (Å²) in [4.78, 5) is 18.2. The fourth-order valence-electron chi connectivity index (χ4n) is 1.35. The van der Waals surface area contributed by atoms with Gasteiger partial charge in [0.15, 0.2) is 0 Å². The summed E-state index contributed by atoms with van der Waals surface area (Å²) in [6.45, 7) is 3.58. The van der Waals surface area contributed by atoms with Gasteiger partial charge in [-0.1, -0.05) is 11.6 Å². The number of halogens is 1. The Morgan fingerprint density at radius 3 is 2.15 bits per heavy atom. The largest absolute Gasteiger partial charge is 0.478 e. The summed E-state index contributed by atoms with van der Waals surface area (Å²) in [6.07, 6.45) is 0. The van der Waals surface area contributed by atoms with Gasteiger partial charge in [0.05, 0.1) is 11.3 Å². The lowest BCUT2D eigenvalue weighted by Gasteiger charge is -2.00. The zero-order valence-corrected chi connectivity index (χ0v) is 11.8. The molecular weight excluding hydrogens is 280 g/mol. The Hall–Kier alpha value is -2.34. The molecule has 0 aliphatic carbocycles. The van der Waals surface area contributed by atoms with Crippen LogP contribution in [0.1, 0.15) is 21.9 Å². The van der Waals surface area contributed by atoms with E-state index in [0.717, 1.165) is 5.69 Å². The maximum Gasteiger partial charge on any atom is 0.335 e. The van der Waals surface area contributed by atoms with Gasteiger partial charge in [-0.2, -0.15) is 0 Å². The number of hydrogen-bond donors (Lipinski definition) is 3. The van der Waals surface area contributed by atoms with Crippen molar-refractivity contribution in [3.05, 3.63) is 46.4 Å². The van der Waals surface area contributed by atoms with E-state index in [1.165, 1.54) is 12.1 Å². The van der Waals surface area contributed by atoms with Crippen LogP contribution >= 0.6 is 11.6 Å². The molecule has 0 fully saturated rings. The Morgan fingerprint density at radius 1 is 1.15 bits per heavy atom. The summed E-state index contributed by atoms with van der Waals surface area (Å²) < 4.78 is 0. The number of nitrogens with two attached hydrogens (primary N) is 2. The number of aromatic carboxylic acids is 1. The van der Waals surface area contributed by atoms with Gasteiger partial charge >= 0.3 is 5.97 Å². The number of hydrogen-bond acceptors (Lipinski definition) is 5. The first kappa shape index (κ1) is 15.7. The second kappa shape index (κ2) is 6.72. The van der Waals surface area contributed by atoms with Gasteiger partial charge in [0.25, 0.3) is 0 Å². The standard InChI is InChI=1S/C7H7NO2.C6H8ClN3/c8-6-3-1-5(2-4-6)7(9)10;1-3-5(7)6(8)10-4(2)9-3/h1-4H,8H2,(H,9,10);1-2H3,(H2,8,9,10). The quantitative estimate of drug-likeness (QED) is 0.695. The van der Waals surface area contributed by atoms with Gasteiger partial charge < -0.3 is 16.6 Å². The number of aromatic nitrogens is 2. The first-order valence-corrected chi connectivity index (χ1v) is 6.04. The average molecular weight is 295 g/mol. The van der Waals surface area contributed by atoms with Crippen molar-refractivity contribution in [1.29, 1.82) is 0 Å². The maximum absolute atomic E-state index is 10.3. The topological polar surface area (TPSA) is 115 Å². The van der Waals surface area contributed by atoms with Crippen molar-refractivity contribution in [3.63, 3.8) is 0 Å². The molecule has 2 rings (SSSR count). The predicted molar refractivity (Wildman–Crippen MR) is 78.7 cm³/mol. The van der Waals surface area contributed by atoms with E-state index >= 15 is 0 Å². The second-order valence-electron chi connectivity index (χ2n) is 3.98. The minimum absolute atomic E-state index is 0.259. The highest BCUT2D eigenvalue weighted by molar-refractivity contribution is 6.33. The van der Waals surface area contributed by atoms with Crippen LogP contribution in [-0.2, 0) is 0 Å². The molecule has 5 N–H and O–H groups in total. The van der Waals surface area contributed by atoms with Crippen molar-refractivity contribution in [1.82, 2.24) is 9.97 Å². The molecule has 0 bridgehead atoms. The lowest BCUT2D eigenvalue weighted by molar-refractivity contribution is 0.0697. The molecule has 0 atom stereocenters. The number of rotatable bonds is 1. The fraction of sp³-hybridized carbons (Fsp3) is 0.154. The van der Waals surface area contributed by atoms with Crippen molar-refractivity contribution in [2.24, 2.45) is 0 Å². The van der Waals surface area contributed by atoms with Gasteiger partial charge in [-0.3, -0.25) is 0 Å². The van der Waals surface area contributed by atoms with Crippen LogP contribution in [0.3, 0.4) is 0 Å². The molecule has 6 nitrogen and oxygen atoms in total. The van der Waals surface area contributed by atoms with Crippen LogP contribution in [-0.4, -0.2) is 21.0 Å². The molecule has 0 aliphatic rings. The van der Waals surface area contributed by atoms with Crippen LogP contribution in [0, 0.1) is 13.8 Å². The highest BCUT2D eigenvalue weighted by Crippen LogP contribution is 2.18. The van der Waals surface area contributed by atoms with Crippen LogP contribution in [0.15, 0.2) is 24.3 Å². The molecule has 0 saturated heterocycles. The van der Waals surface area contributed by atoms with Gasteiger partial charge in [-0.05, 0) is 38.1 Å². The molecule has 0 saturated carbocycles. The van der Waals surface area contributed by atoms with Crippen molar-refractivity contribution < 1.29 is 9.90 Å². The number of anilines is 2. The van der Waals surface area contributed by atoms with E-state index in [9.17, 15) is 4.79 Å². The van der Waals surface area contributed by atoms with E-state index in [4.69, 9.17) is 28.2 Å². The van der Waals surface area contributed by atoms with Gasteiger partial charge in [-0.15, -0.1) is 0 Å². The smallest absolute Gasteiger partial charge is 0.335 e. The lowest BCUT2D eigenvalue weighted by atomic mass is 10.2. The monoisotopic (exact) mass is 294 g/mol. The third-order valence-corrected chi connectivity index (χ3v) is 2.78. The zero-order valence-electron chi connectivity index (χ0n) is 11.1. The van der Waals surface area contributed by atoms with E-state index in [2.05, 4.69) is 9.97 Å². The summed E-state index contributed by atoms with van der Waals surface area (Å²) in [5, 5.41) is 8.88. The van der Waals surface area contributed by atoms with Crippen LogP contribution in [0.4, 0.5) is 11.5 Å². The normalized spacial score (nSPS) is 9.55. The summed E-state index contributed by atoms with van der Waals surface area (Å²) >= 11 is 5.70. The Balaban J connectivity index is 0.000000200. The van der Waals surface area contributed by atoms with E-state index < -0.39 is 5.97 Å². The molecule has 0 aliphatic heterocycles. The minimum Gasteiger partial charge on any atom is -0.478 e. The Morgan fingerprint density at radius 2 is 1.70 bits per heavy atom. The lowest BCUT2D eigenvalue weighted by Crippen LogP contribution is -1.98. The molecule has 0 unspecified atom stereocenters. The first-order valence-electron chi connectivity index (χ1n) is 5.66. The van der Waals surface area contributed by atoms with E-state index in [0.29, 0.717) is 22.4 Å². The number of carboxylic acid groups (broad SMARTS) is 1. The zero-order chi connectivity index (χ0) is 15.3. The highest BCUT2D eigenvalue weighted by atomic mass is 35.5. The second-order valence-corrected chi connectivity index (χ2v) is 4.36. The van der Waals surface area contributed by atoms with Gasteiger partial charge in [0.2, 0.25) is 0 Å². The third-order valence-electron chi connectivity index (χ3n) is 2.31. The number of carbonyl (C=O) groups is 1. The number of nitrogens with zero attached hydrogens (tertiary/aromatic N) is 2. The van der Waals surface area contributed by atoms with Crippen LogP contribution in [0.5, 0.6) is 0 Å². The van der Waals surface area contributed by atoms with Crippen molar-refractivity contribution in [2.45, 2.75) is 13.8 Å². The summed E-state index contributed by atoms with van der Waals surface area (Å²) in [5.74, 6) is 0.0751. The third kappa shape index (κ3) is 4.40. The maximum atomic E-state index is 10.3. The minimum atomic E-state index is -0.931. The van der Waals surface area contributed by atoms with Crippen LogP contribution in [0.2, 0.25) is 5.02 Å². The SMILES string of the molecule is Cc1nc(C)c(Cl)c(N)n1.Nc1ccc(C(=O)O)cc1. The Kier molecular flexibility index (Phi) is 5.28.